The van der Waals surface area contributed by atoms with Crippen molar-refractivity contribution in [2.75, 3.05) is 13.1 Å². The number of amides is 4. The molecule has 6 nitrogen and oxygen atoms in total. The summed E-state index contributed by atoms with van der Waals surface area (Å²) in [4.78, 5) is 50.6. The van der Waals surface area contributed by atoms with Crippen molar-refractivity contribution in [2.24, 2.45) is 5.92 Å². The minimum Gasteiger partial charge on any atom is -0.292 e. The van der Waals surface area contributed by atoms with Crippen LogP contribution in [0.4, 0.5) is 4.79 Å². The number of aryl methyl sites for hydroxylation is 1. The van der Waals surface area contributed by atoms with Crippen molar-refractivity contribution in [1.82, 2.24) is 9.80 Å². The summed E-state index contributed by atoms with van der Waals surface area (Å²) in [6.45, 7) is 5.71. The van der Waals surface area contributed by atoms with Crippen LogP contribution in [0, 0.1) is 12.8 Å². The van der Waals surface area contributed by atoms with E-state index in [2.05, 4.69) is 6.92 Å². The molecule has 1 heterocycles. The number of urea groups is 1. The average Bonchev–Trinajstić information content (AvgIpc) is 2.78. The minimum absolute atomic E-state index is 0.119. The Bertz CT molecular complexity index is 681. The highest BCUT2D eigenvalue weighted by Gasteiger charge is 2.45. The van der Waals surface area contributed by atoms with E-state index in [4.69, 9.17) is 0 Å². The number of rotatable bonds is 8. The standard InChI is InChI=1S/C19H24N2O4/c1-4-5-6-14(3)11-20-17(23)18(24)21(19(20)25)12-16(22)15-9-7-13(2)8-10-15/h7-10,14H,4-6,11-12H2,1-3H3. The molecule has 0 bridgehead atoms. The van der Waals surface area contributed by atoms with Gasteiger partial charge in [0.2, 0.25) is 0 Å². The molecule has 0 spiro atoms. The van der Waals surface area contributed by atoms with E-state index in [-0.39, 0.29) is 18.2 Å². The Labute approximate surface area is 147 Å². The Hall–Kier alpha value is -2.50. The fourth-order valence-corrected chi connectivity index (χ4v) is 2.78. The summed E-state index contributed by atoms with van der Waals surface area (Å²) in [5.74, 6) is -2.01. The lowest BCUT2D eigenvalue weighted by atomic mass is 10.0. The number of hydrogen-bond acceptors (Lipinski definition) is 4. The molecule has 1 aromatic carbocycles. The number of unbranched alkanes of at least 4 members (excludes halogenated alkanes) is 1. The second-order valence-electron chi connectivity index (χ2n) is 6.63. The largest absolute Gasteiger partial charge is 0.334 e. The number of carbonyl (C=O) groups excluding carboxylic acids is 4. The summed E-state index contributed by atoms with van der Waals surface area (Å²) in [6, 6.07) is 6.17. The van der Waals surface area contributed by atoms with Gasteiger partial charge in [-0.3, -0.25) is 19.3 Å². The highest BCUT2D eigenvalue weighted by molar-refractivity contribution is 6.45. The van der Waals surface area contributed by atoms with E-state index in [1.165, 1.54) is 0 Å². The fraction of sp³-hybridized carbons (Fsp3) is 0.474. The normalized spacial score (nSPS) is 15.9. The van der Waals surface area contributed by atoms with Gasteiger partial charge < -0.3 is 0 Å². The number of Topliss-reactive ketones (excluding diaryl/α,β-unsaturated/α-hetero) is 1. The zero-order chi connectivity index (χ0) is 18.6. The smallest absolute Gasteiger partial charge is 0.292 e. The summed E-state index contributed by atoms with van der Waals surface area (Å²) in [5.41, 5.74) is 1.42. The molecule has 134 valence electrons. The topological polar surface area (TPSA) is 74.8 Å². The van der Waals surface area contributed by atoms with E-state index in [1.54, 1.807) is 24.3 Å². The lowest BCUT2D eigenvalue weighted by Crippen LogP contribution is -2.38. The van der Waals surface area contributed by atoms with Crippen LogP contribution < -0.4 is 0 Å². The molecule has 0 N–H and O–H groups in total. The molecule has 4 amide bonds. The van der Waals surface area contributed by atoms with Gasteiger partial charge in [-0.05, 0) is 19.3 Å². The lowest BCUT2D eigenvalue weighted by molar-refractivity contribution is -0.143. The van der Waals surface area contributed by atoms with E-state index in [9.17, 15) is 19.2 Å². The van der Waals surface area contributed by atoms with Crippen LogP contribution >= 0.6 is 0 Å². The Balaban J connectivity index is 2.05. The summed E-state index contributed by atoms with van der Waals surface area (Å²) in [6.07, 6.45) is 2.91. The van der Waals surface area contributed by atoms with Crippen LogP contribution in [0.5, 0.6) is 0 Å². The average molecular weight is 344 g/mol. The van der Waals surface area contributed by atoms with Gasteiger partial charge in [0, 0.05) is 12.1 Å². The van der Waals surface area contributed by atoms with Crippen LogP contribution in [0.25, 0.3) is 0 Å². The summed E-state index contributed by atoms with van der Waals surface area (Å²) >= 11 is 0. The first-order chi connectivity index (χ1) is 11.8. The second kappa shape index (κ2) is 8.05. The Morgan fingerprint density at radius 3 is 2.24 bits per heavy atom. The molecule has 1 fully saturated rings. The third-order valence-electron chi connectivity index (χ3n) is 4.36. The molecule has 0 aliphatic carbocycles. The van der Waals surface area contributed by atoms with Gasteiger partial charge in [0.25, 0.3) is 0 Å². The SMILES string of the molecule is CCCCC(C)CN1C(=O)C(=O)N(CC(=O)c2ccc(C)cc2)C1=O. The first kappa shape index (κ1) is 18.8. The molecule has 1 atom stereocenters. The molecule has 0 radical (unpaired) electrons. The van der Waals surface area contributed by atoms with Gasteiger partial charge in [0.15, 0.2) is 5.78 Å². The van der Waals surface area contributed by atoms with Crippen molar-refractivity contribution in [3.63, 3.8) is 0 Å². The molecule has 0 saturated carbocycles. The van der Waals surface area contributed by atoms with Gasteiger partial charge in [-0.15, -0.1) is 0 Å². The lowest BCUT2D eigenvalue weighted by Gasteiger charge is -2.19. The molecular formula is C19H24N2O4. The summed E-state index contributed by atoms with van der Waals surface area (Å²) in [7, 11) is 0. The third kappa shape index (κ3) is 4.32. The predicted octanol–water partition coefficient (Wildman–Crippen LogP) is 2.79. The molecular weight excluding hydrogens is 320 g/mol. The third-order valence-corrected chi connectivity index (χ3v) is 4.36. The summed E-state index contributed by atoms with van der Waals surface area (Å²) in [5, 5.41) is 0. The van der Waals surface area contributed by atoms with Crippen LogP contribution in [-0.4, -0.2) is 46.5 Å². The molecule has 0 aromatic heterocycles. The molecule has 1 saturated heterocycles. The second-order valence-corrected chi connectivity index (χ2v) is 6.63. The van der Waals surface area contributed by atoms with Crippen molar-refractivity contribution in [3.05, 3.63) is 35.4 Å². The van der Waals surface area contributed by atoms with Crippen molar-refractivity contribution < 1.29 is 19.2 Å². The number of hydrogen-bond donors (Lipinski definition) is 0. The Morgan fingerprint density at radius 2 is 1.64 bits per heavy atom. The van der Waals surface area contributed by atoms with Crippen molar-refractivity contribution in [1.29, 1.82) is 0 Å². The maximum absolute atomic E-state index is 12.4. The first-order valence-electron chi connectivity index (χ1n) is 8.62. The first-order valence-corrected chi connectivity index (χ1v) is 8.62. The maximum atomic E-state index is 12.4. The van der Waals surface area contributed by atoms with Crippen LogP contribution in [-0.2, 0) is 9.59 Å². The molecule has 1 unspecified atom stereocenters. The van der Waals surface area contributed by atoms with Crippen LogP contribution in [0.3, 0.4) is 0 Å². The van der Waals surface area contributed by atoms with Gasteiger partial charge >= 0.3 is 17.8 Å². The van der Waals surface area contributed by atoms with E-state index in [0.29, 0.717) is 5.56 Å². The number of nitrogens with zero attached hydrogens (tertiary/aromatic N) is 2. The number of benzene rings is 1. The highest BCUT2D eigenvalue weighted by atomic mass is 16.2. The van der Waals surface area contributed by atoms with Crippen molar-refractivity contribution in [2.45, 2.75) is 40.0 Å². The van der Waals surface area contributed by atoms with E-state index in [0.717, 1.165) is 34.6 Å². The molecule has 2 rings (SSSR count). The molecule has 1 aliphatic rings. The molecule has 1 aliphatic heterocycles. The van der Waals surface area contributed by atoms with Gasteiger partial charge in [-0.1, -0.05) is 56.5 Å². The molecule has 1 aromatic rings. The Morgan fingerprint density at radius 1 is 1.04 bits per heavy atom. The number of ketones is 1. The quantitative estimate of drug-likeness (QED) is 0.413. The Kier molecular flexibility index (Phi) is 6.07. The predicted molar refractivity (Wildman–Crippen MR) is 93.0 cm³/mol. The van der Waals surface area contributed by atoms with Gasteiger partial charge in [-0.25, -0.2) is 9.69 Å². The monoisotopic (exact) mass is 344 g/mol. The molecule has 25 heavy (non-hydrogen) atoms. The van der Waals surface area contributed by atoms with Gasteiger partial charge in [0.05, 0.1) is 6.54 Å². The van der Waals surface area contributed by atoms with Crippen molar-refractivity contribution in [3.8, 4) is 0 Å². The fourth-order valence-electron chi connectivity index (χ4n) is 2.78. The minimum atomic E-state index is -0.923. The van der Waals surface area contributed by atoms with E-state index < -0.39 is 24.4 Å². The maximum Gasteiger partial charge on any atom is 0.334 e. The van der Waals surface area contributed by atoms with Gasteiger partial charge in [-0.2, -0.15) is 0 Å². The zero-order valence-electron chi connectivity index (χ0n) is 14.9. The van der Waals surface area contributed by atoms with Gasteiger partial charge in [0.1, 0.15) is 0 Å². The van der Waals surface area contributed by atoms with E-state index >= 15 is 0 Å². The molecule has 6 heteroatoms. The van der Waals surface area contributed by atoms with E-state index in [1.807, 2.05) is 13.8 Å². The number of carbonyl (C=O) groups is 4. The summed E-state index contributed by atoms with van der Waals surface area (Å²) < 4.78 is 0. The van der Waals surface area contributed by atoms with Crippen molar-refractivity contribution >= 4 is 23.6 Å². The zero-order valence-corrected chi connectivity index (χ0v) is 14.9. The van der Waals surface area contributed by atoms with Crippen LogP contribution in [0.2, 0.25) is 0 Å². The van der Waals surface area contributed by atoms with Crippen LogP contribution in [0.1, 0.15) is 49.0 Å². The number of imide groups is 2. The van der Waals surface area contributed by atoms with Crippen LogP contribution in [0.15, 0.2) is 24.3 Å². The highest BCUT2D eigenvalue weighted by Crippen LogP contribution is 2.18.